The second-order valence-electron chi connectivity index (χ2n) is 8.24. The molecule has 1 aromatic carbocycles. The van der Waals surface area contributed by atoms with Crippen molar-refractivity contribution < 1.29 is 4.79 Å². The Morgan fingerprint density at radius 2 is 1.94 bits per heavy atom. The van der Waals surface area contributed by atoms with Crippen molar-refractivity contribution in [3.63, 3.8) is 0 Å². The summed E-state index contributed by atoms with van der Waals surface area (Å²) in [5.41, 5.74) is 5.09. The lowest BCUT2D eigenvalue weighted by Gasteiger charge is -2.27. The summed E-state index contributed by atoms with van der Waals surface area (Å²) in [6.45, 7) is 2.82. The van der Waals surface area contributed by atoms with Crippen molar-refractivity contribution in [2.24, 2.45) is 0 Å². The first-order valence-corrected chi connectivity index (χ1v) is 11.8. The molecule has 4 heterocycles. The Hall–Kier alpha value is -3.19. The summed E-state index contributed by atoms with van der Waals surface area (Å²) in [4.78, 5) is 23.7. The van der Waals surface area contributed by atoms with E-state index in [0.717, 1.165) is 59.3 Å². The van der Waals surface area contributed by atoms with Crippen molar-refractivity contribution in [2.45, 2.75) is 19.5 Å². The molecule has 0 radical (unpaired) electrons. The largest absolute Gasteiger partial charge is 0.333 e. The number of amides is 1. The molecule has 0 atom stereocenters. The van der Waals surface area contributed by atoms with Gasteiger partial charge in [-0.25, -0.2) is 9.78 Å². The van der Waals surface area contributed by atoms with Crippen LogP contribution < -0.4 is 5.32 Å². The molecule has 0 aliphatic carbocycles. The number of benzene rings is 1. The maximum Gasteiger partial charge on any atom is 0.326 e. The molecule has 8 heteroatoms. The standard InChI is InChI=1S/C26H23Cl2N5O/c27-20-3-4-23-21(15-20)22-17-32(12-1-2-18-5-9-29-10-6-18)13-8-24(22)33(23)26(34)31-16-19-7-11-30-25(28)14-19/h1-7,9-11,14-15H,8,12-13,16-17H2,(H,31,34)/b2-1+. The summed E-state index contributed by atoms with van der Waals surface area (Å²) >= 11 is 12.3. The fourth-order valence-electron chi connectivity index (χ4n) is 4.40. The monoisotopic (exact) mass is 491 g/mol. The molecule has 0 fully saturated rings. The van der Waals surface area contributed by atoms with Gasteiger partial charge in [0.1, 0.15) is 5.15 Å². The van der Waals surface area contributed by atoms with Gasteiger partial charge >= 0.3 is 6.03 Å². The lowest BCUT2D eigenvalue weighted by molar-refractivity contribution is 0.240. The van der Waals surface area contributed by atoms with E-state index in [9.17, 15) is 4.79 Å². The minimum atomic E-state index is -0.160. The Morgan fingerprint density at radius 3 is 2.76 bits per heavy atom. The molecule has 1 aliphatic heterocycles. The van der Waals surface area contributed by atoms with Crippen LogP contribution in [0.15, 0.2) is 67.1 Å². The average molecular weight is 492 g/mol. The van der Waals surface area contributed by atoms with Crippen LogP contribution in [-0.2, 0) is 19.5 Å². The highest BCUT2D eigenvalue weighted by Gasteiger charge is 2.26. The molecule has 0 saturated heterocycles. The summed E-state index contributed by atoms with van der Waals surface area (Å²) in [7, 11) is 0. The van der Waals surface area contributed by atoms with Gasteiger partial charge in [0, 0.05) is 67.3 Å². The van der Waals surface area contributed by atoms with Gasteiger partial charge in [-0.3, -0.25) is 14.5 Å². The van der Waals surface area contributed by atoms with Gasteiger partial charge in [-0.15, -0.1) is 0 Å². The molecule has 6 nitrogen and oxygen atoms in total. The first-order chi connectivity index (χ1) is 16.6. The lowest BCUT2D eigenvalue weighted by Crippen LogP contribution is -2.34. The first kappa shape index (κ1) is 22.6. The molecule has 34 heavy (non-hydrogen) atoms. The second-order valence-corrected chi connectivity index (χ2v) is 9.06. The first-order valence-electron chi connectivity index (χ1n) is 11.1. The van der Waals surface area contributed by atoms with Crippen LogP contribution in [0.4, 0.5) is 4.79 Å². The zero-order valence-electron chi connectivity index (χ0n) is 18.4. The lowest BCUT2D eigenvalue weighted by atomic mass is 10.0. The number of carbonyl (C=O) groups is 1. The quantitative estimate of drug-likeness (QED) is 0.370. The van der Waals surface area contributed by atoms with E-state index in [-0.39, 0.29) is 6.03 Å². The van der Waals surface area contributed by atoms with Crippen LogP contribution in [0.1, 0.15) is 22.4 Å². The SMILES string of the molecule is O=C(NCc1ccnc(Cl)c1)n1c2c(c3cc(Cl)ccc31)CN(C/C=C/c1ccncc1)CC2. The Bertz CT molecular complexity index is 1370. The maximum atomic E-state index is 13.3. The molecule has 0 saturated carbocycles. The van der Waals surface area contributed by atoms with E-state index in [0.29, 0.717) is 16.7 Å². The van der Waals surface area contributed by atoms with Crippen molar-refractivity contribution in [1.82, 2.24) is 24.8 Å². The molecule has 1 amide bonds. The molecule has 0 bridgehead atoms. The van der Waals surface area contributed by atoms with Crippen LogP contribution in [0.25, 0.3) is 17.0 Å². The van der Waals surface area contributed by atoms with Gasteiger partial charge in [0.25, 0.3) is 0 Å². The van der Waals surface area contributed by atoms with Crippen LogP contribution in [-0.4, -0.2) is 38.6 Å². The van der Waals surface area contributed by atoms with Crippen molar-refractivity contribution in [1.29, 1.82) is 0 Å². The molecule has 4 aromatic rings. The number of pyridine rings is 2. The van der Waals surface area contributed by atoms with Crippen molar-refractivity contribution in [3.8, 4) is 0 Å². The molecule has 172 valence electrons. The van der Waals surface area contributed by atoms with Gasteiger partial charge in [0.05, 0.1) is 5.52 Å². The number of nitrogens with one attached hydrogen (secondary N) is 1. The van der Waals surface area contributed by atoms with E-state index in [4.69, 9.17) is 23.2 Å². The van der Waals surface area contributed by atoms with Crippen molar-refractivity contribution in [3.05, 3.63) is 99.7 Å². The highest BCUT2D eigenvalue weighted by atomic mass is 35.5. The number of carbonyl (C=O) groups excluding carboxylic acids is 1. The number of aromatic nitrogens is 3. The van der Waals surface area contributed by atoms with Gasteiger partial charge < -0.3 is 5.32 Å². The third kappa shape index (κ3) is 4.85. The van der Waals surface area contributed by atoms with E-state index in [1.165, 1.54) is 0 Å². The van der Waals surface area contributed by atoms with Crippen LogP contribution in [0, 0.1) is 0 Å². The molecular formula is C26H23Cl2N5O. The molecule has 0 spiro atoms. The van der Waals surface area contributed by atoms with E-state index < -0.39 is 0 Å². The van der Waals surface area contributed by atoms with Crippen LogP contribution in [0.3, 0.4) is 0 Å². The summed E-state index contributed by atoms with van der Waals surface area (Å²) in [6, 6.07) is 13.1. The Balaban J connectivity index is 1.38. The van der Waals surface area contributed by atoms with E-state index in [1.54, 1.807) is 29.2 Å². The van der Waals surface area contributed by atoms with Crippen LogP contribution in [0.2, 0.25) is 10.2 Å². The maximum absolute atomic E-state index is 13.3. The third-order valence-electron chi connectivity index (χ3n) is 6.01. The third-order valence-corrected chi connectivity index (χ3v) is 6.45. The number of rotatable bonds is 5. The second kappa shape index (κ2) is 9.97. The van der Waals surface area contributed by atoms with Gasteiger partial charge in [-0.05, 0) is 59.2 Å². The Kier molecular flexibility index (Phi) is 6.63. The van der Waals surface area contributed by atoms with Gasteiger partial charge in [-0.2, -0.15) is 0 Å². The number of hydrogen-bond acceptors (Lipinski definition) is 4. The Labute approximate surface area is 207 Å². The molecule has 5 rings (SSSR count). The molecule has 0 unspecified atom stereocenters. The smallest absolute Gasteiger partial charge is 0.326 e. The summed E-state index contributed by atoms with van der Waals surface area (Å²) in [5, 5.41) is 5.11. The van der Waals surface area contributed by atoms with E-state index in [2.05, 4.69) is 32.3 Å². The zero-order chi connectivity index (χ0) is 23.5. The predicted octanol–water partition coefficient (Wildman–Crippen LogP) is 5.57. The number of hydrogen-bond donors (Lipinski definition) is 1. The molecular weight excluding hydrogens is 469 g/mol. The van der Waals surface area contributed by atoms with Gasteiger partial charge in [0.15, 0.2) is 0 Å². The normalized spacial score (nSPS) is 13.9. The van der Waals surface area contributed by atoms with Gasteiger partial charge in [-0.1, -0.05) is 35.4 Å². The van der Waals surface area contributed by atoms with Crippen LogP contribution >= 0.6 is 23.2 Å². The minimum Gasteiger partial charge on any atom is -0.333 e. The topological polar surface area (TPSA) is 63.1 Å². The van der Waals surface area contributed by atoms with Crippen molar-refractivity contribution >= 4 is 46.2 Å². The average Bonchev–Trinajstić information content (AvgIpc) is 3.16. The Morgan fingerprint density at radius 1 is 1.09 bits per heavy atom. The summed E-state index contributed by atoms with van der Waals surface area (Å²) in [6.07, 6.45) is 10.3. The fraction of sp³-hybridized carbons (Fsp3) is 0.192. The highest BCUT2D eigenvalue weighted by molar-refractivity contribution is 6.31. The van der Waals surface area contributed by atoms with Gasteiger partial charge in [0.2, 0.25) is 0 Å². The van der Waals surface area contributed by atoms with Crippen molar-refractivity contribution in [2.75, 3.05) is 13.1 Å². The fourth-order valence-corrected chi connectivity index (χ4v) is 4.76. The number of nitrogens with zero attached hydrogens (tertiary/aromatic N) is 4. The molecule has 1 aliphatic rings. The van der Waals surface area contributed by atoms with E-state index in [1.807, 2.05) is 36.4 Å². The number of halogens is 2. The summed E-state index contributed by atoms with van der Waals surface area (Å²) < 4.78 is 1.80. The minimum absolute atomic E-state index is 0.160. The highest BCUT2D eigenvalue weighted by Crippen LogP contribution is 2.32. The summed E-state index contributed by atoms with van der Waals surface area (Å²) in [5.74, 6) is 0. The van der Waals surface area contributed by atoms with E-state index >= 15 is 0 Å². The predicted molar refractivity (Wildman–Crippen MR) is 136 cm³/mol. The zero-order valence-corrected chi connectivity index (χ0v) is 19.9. The molecule has 1 N–H and O–H groups in total. The molecule has 3 aromatic heterocycles. The van der Waals surface area contributed by atoms with Crippen LogP contribution in [0.5, 0.6) is 0 Å². The number of fused-ring (bicyclic) bond motifs is 3.